The topological polar surface area (TPSA) is 42.5 Å². The number of benzene rings is 1. The summed E-state index contributed by atoms with van der Waals surface area (Å²) in [5.74, 6) is 5.07. The summed E-state index contributed by atoms with van der Waals surface area (Å²) in [6, 6.07) is 5.22. The van der Waals surface area contributed by atoms with Gasteiger partial charge >= 0.3 is 0 Å². The van der Waals surface area contributed by atoms with Gasteiger partial charge in [0.2, 0.25) is 0 Å². The Morgan fingerprint density at radius 3 is 2.03 bits per heavy atom. The second-order valence-electron chi connectivity index (χ2n) is 13.1. The van der Waals surface area contributed by atoms with Crippen molar-refractivity contribution in [2.45, 2.75) is 110 Å². The molecule has 4 nitrogen and oxygen atoms in total. The van der Waals surface area contributed by atoms with Crippen LogP contribution in [0.3, 0.4) is 0 Å². The van der Waals surface area contributed by atoms with Crippen LogP contribution in [0, 0.1) is 56.3 Å². The Morgan fingerprint density at radius 2 is 1.35 bits per heavy atom. The molecule has 0 radical (unpaired) electrons. The Morgan fingerprint density at radius 1 is 0.730 bits per heavy atom. The van der Waals surface area contributed by atoms with Gasteiger partial charge in [0.15, 0.2) is 0 Å². The first-order valence-electron chi connectivity index (χ1n) is 15.7. The summed E-state index contributed by atoms with van der Waals surface area (Å²) in [6.07, 6.45) is 17.3. The molecule has 8 atom stereocenters. The van der Waals surface area contributed by atoms with Gasteiger partial charge in [-0.05, 0) is 106 Å². The number of anilines is 1. The molecule has 4 aliphatic rings. The van der Waals surface area contributed by atoms with Gasteiger partial charge in [0.25, 0.3) is 0 Å². The molecule has 4 heteroatoms. The molecule has 5 rings (SSSR count). The van der Waals surface area contributed by atoms with E-state index in [2.05, 4.69) is 43.5 Å². The summed E-state index contributed by atoms with van der Waals surface area (Å²) in [4.78, 5) is 0. The smallest absolute Gasteiger partial charge is 0.146 e. The average Bonchev–Trinajstić information content (AvgIpc) is 2.90. The van der Waals surface area contributed by atoms with Gasteiger partial charge in [0, 0.05) is 31.9 Å². The number of hydrogen-bond donors (Lipinski definition) is 2. The van der Waals surface area contributed by atoms with Crippen LogP contribution < -0.4 is 10.6 Å². The zero-order chi connectivity index (χ0) is 25.8. The minimum Gasteiger partial charge on any atom is -0.383 e. The van der Waals surface area contributed by atoms with Crippen molar-refractivity contribution in [1.82, 2.24) is 5.32 Å². The zero-order valence-electron chi connectivity index (χ0n) is 24.2. The van der Waals surface area contributed by atoms with Crippen molar-refractivity contribution >= 4 is 5.69 Å². The molecule has 37 heavy (non-hydrogen) atoms. The van der Waals surface area contributed by atoms with Gasteiger partial charge in [-0.2, -0.15) is 0 Å². The Labute approximate surface area is 227 Å². The third-order valence-corrected chi connectivity index (χ3v) is 10.8. The molecule has 0 saturated heterocycles. The number of ether oxygens (including phenoxy) is 2. The maximum atomic E-state index is 6.53. The lowest BCUT2D eigenvalue weighted by Gasteiger charge is -2.56. The first-order valence-corrected chi connectivity index (χ1v) is 15.7. The zero-order valence-corrected chi connectivity index (χ0v) is 24.2. The van der Waals surface area contributed by atoms with Crippen molar-refractivity contribution in [3.8, 4) is 0 Å². The molecule has 4 saturated carbocycles. The van der Waals surface area contributed by atoms with Gasteiger partial charge < -0.3 is 20.1 Å². The van der Waals surface area contributed by atoms with E-state index in [9.17, 15) is 0 Å². The highest BCUT2D eigenvalue weighted by molar-refractivity contribution is 5.58. The molecule has 0 amide bonds. The van der Waals surface area contributed by atoms with Crippen LogP contribution in [0.5, 0.6) is 0 Å². The molecule has 2 N–H and O–H groups in total. The highest BCUT2D eigenvalue weighted by atomic mass is 16.7. The Balaban J connectivity index is 1.32. The van der Waals surface area contributed by atoms with Crippen LogP contribution in [0.1, 0.15) is 93.7 Å². The second-order valence-corrected chi connectivity index (χ2v) is 13.1. The van der Waals surface area contributed by atoms with Gasteiger partial charge in [0.05, 0.1) is 6.10 Å². The minimum absolute atomic E-state index is 0.380. The lowest BCUT2D eigenvalue weighted by Crippen LogP contribution is -2.57. The summed E-state index contributed by atoms with van der Waals surface area (Å²) in [5.41, 5.74) is 5.40. The van der Waals surface area contributed by atoms with E-state index in [0.29, 0.717) is 24.9 Å². The lowest BCUT2D eigenvalue weighted by molar-refractivity contribution is -0.155. The number of rotatable bonds is 9. The molecule has 208 valence electrons. The highest BCUT2D eigenvalue weighted by Crippen LogP contribution is 2.55. The Kier molecular flexibility index (Phi) is 9.53. The van der Waals surface area contributed by atoms with E-state index < -0.39 is 0 Å². The van der Waals surface area contributed by atoms with E-state index in [1.807, 2.05) is 0 Å². The third-order valence-electron chi connectivity index (χ3n) is 10.8. The molecule has 4 aliphatic carbocycles. The summed E-state index contributed by atoms with van der Waals surface area (Å²) in [7, 11) is 1.79. The Hall–Kier alpha value is -1.10. The van der Waals surface area contributed by atoms with Crippen LogP contribution >= 0.6 is 0 Å². The average molecular weight is 511 g/mol. The number of nitrogens with one attached hydrogen (secondary N) is 2. The fraction of sp³-hybridized carbons (Fsp3) is 0.818. The van der Waals surface area contributed by atoms with Crippen LogP contribution in [-0.2, 0) is 9.47 Å². The molecular formula is C33H54N2O2. The van der Waals surface area contributed by atoms with Crippen LogP contribution in [0.25, 0.3) is 0 Å². The van der Waals surface area contributed by atoms with E-state index in [4.69, 9.17) is 9.47 Å². The molecule has 1 aromatic carbocycles. The standard InChI is InChI=1S/C33H54N2O2/c1-22-19-23(2)33(24(3)20-22)35-18-17-34-29-15-13-25-9-5-7-11-27(25)31(29)32-28-12-8-6-10-26(28)14-16-30(32)37-21-36-4/h19-20,25-32,34-35H,5-18,21H2,1-4H3/t25?,26?,27?,28?,29?,30-,31?,32+/m0/s1. The molecule has 0 bridgehead atoms. The lowest BCUT2D eigenvalue weighted by atomic mass is 9.52. The molecule has 4 fully saturated rings. The van der Waals surface area contributed by atoms with E-state index in [1.165, 1.54) is 99.4 Å². The monoisotopic (exact) mass is 510 g/mol. The first kappa shape index (κ1) is 27.5. The normalized spacial score (nSPS) is 36.0. The fourth-order valence-electron chi connectivity index (χ4n) is 9.51. The second kappa shape index (κ2) is 12.8. The molecule has 0 aliphatic heterocycles. The fourth-order valence-corrected chi connectivity index (χ4v) is 9.51. The predicted molar refractivity (Wildman–Crippen MR) is 154 cm³/mol. The van der Waals surface area contributed by atoms with Gasteiger partial charge in [0.1, 0.15) is 6.79 Å². The first-order chi connectivity index (χ1) is 18.1. The van der Waals surface area contributed by atoms with Crippen LogP contribution in [0.2, 0.25) is 0 Å². The molecule has 6 unspecified atom stereocenters. The Bertz CT molecular complexity index is 849. The SMILES string of the molecule is COCO[C@H]1CCC2CCCCC2[C@H]1C1C(NCCNc2c(C)cc(C)cc2C)CCC2CCCCC21. The van der Waals surface area contributed by atoms with Gasteiger partial charge in [-0.25, -0.2) is 0 Å². The van der Waals surface area contributed by atoms with Crippen molar-refractivity contribution in [1.29, 1.82) is 0 Å². The van der Waals surface area contributed by atoms with Crippen LogP contribution in [-0.4, -0.2) is 39.1 Å². The largest absolute Gasteiger partial charge is 0.383 e. The van der Waals surface area contributed by atoms with Crippen molar-refractivity contribution < 1.29 is 9.47 Å². The molecule has 0 heterocycles. The number of fused-ring (bicyclic) bond motifs is 2. The summed E-state index contributed by atoms with van der Waals surface area (Å²) in [6.45, 7) is 9.15. The van der Waals surface area contributed by atoms with E-state index in [0.717, 1.165) is 42.7 Å². The van der Waals surface area contributed by atoms with Gasteiger partial charge in [-0.1, -0.05) is 56.2 Å². The van der Waals surface area contributed by atoms with Crippen LogP contribution in [0.15, 0.2) is 12.1 Å². The maximum Gasteiger partial charge on any atom is 0.146 e. The van der Waals surface area contributed by atoms with Crippen molar-refractivity contribution in [3.63, 3.8) is 0 Å². The maximum absolute atomic E-state index is 6.53. The number of hydrogen-bond acceptors (Lipinski definition) is 4. The molecule has 0 aromatic heterocycles. The third kappa shape index (κ3) is 6.23. The van der Waals surface area contributed by atoms with Crippen LogP contribution in [0.4, 0.5) is 5.69 Å². The summed E-state index contributed by atoms with van der Waals surface area (Å²) < 4.78 is 12.0. The molecule has 1 aromatic rings. The highest BCUT2D eigenvalue weighted by Gasteiger charge is 2.51. The molecule has 0 spiro atoms. The number of methoxy groups -OCH3 is 1. The van der Waals surface area contributed by atoms with Crippen molar-refractivity contribution in [2.75, 3.05) is 32.3 Å². The van der Waals surface area contributed by atoms with Gasteiger partial charge in [-0.3, -0.25) is 0 Å². The summed E-state index contributed by atoms with van der Waals surface area (Å²) >= 11 is 0. The van der Waals surface area contributed by atoms with Crippen molar-refractivity contribution in [2.24, 2.45) is 35.5 Å². The van der Waals surface area contributed by atoms with Crippen molar-refractivity contribution in [3.05, 3.63) is 28.8 Å². The van der Waals surface area contributed by atoms with Gasteiger partial charge in [-0.15, -0.1) is 0 Å². The quantitative estimate of drug-likeness (QED) is 0.268. The number of aryl methyl sites for hydroxylation is 3. The van der Waals surface area contributed by atoms with E-state index in [1.54, 1.807) is 7.11 Å². The summed E-state index contributed by atoms with van der Waals surface area (Å²) in [5, 5.41) is 7.92. The van der Waals surface area contributed by atoms with E-state index in [-0.39, 0.29) is 0 Å². The molecular weight excluding hydrogens is 456 g/mol. The van der Waals surface area contributed by atoms with E-state index >= 15 is 0 Å². The predicted octanol–water partition coefficient (Wildman–Crippen LogP) is 7.40. The minimum atomic E-state index is 0.380.